The van der Waals surface area contributed by atoms with Gasteiger partial charge < -0.3 is 0 Å². The molecular weight excluding hydrogens is 607 g/mol. The van der Waals surface area contributed by atoms with Gasteiger partial charge in [-0.05, 0) is 109 Å². The Morgan fingerprint density at radius 2 is 1.34 bits per heavy atom. The highest BCUT2D eigenvalue weighted by Gasteiger charge is 2.34. The van der Waals surface area contributed by atoms with Gasteiger partial charge in [-0.25, -0.2) is 0 Å². The summed E-state index contributed by atoms with van der Waals surface area (Å²) in [6.07, 6.45) is 0. The molecule has 8 rings (SSSR count). The zero-order chi connectivity index (χ0) is 23.7. The maximum Gasteiger partial charge on any atom is 0.186 e. The standard InChI is InChI=1S/C30H12Br2Cl2O/c31-26-17-8-7-13-9-12-3-1-2-4-16(12)18-10-14-5-6-15-11-19-24(27(32)28(33)29(34)30(19)35)25(26)22(15)21(14)23(17)20(13)18/h1-11,29H. The second kappa shape index (κ2) is 6.86. The maximum absolute atomic E-state index is 13.2. The lowest BCUT2D eigenvalue weighted by molar-refractivity contribution is 0.0997. The molecule has 0 aromatic heterocycles. The fourth-order valence-electron chi connectivity index (χ4n) is 6.11. The van der Waals surface area contributed by atoms with Crippen LogP contribution in [0.5, 0.6) is 0 Å². The molecule has 0 heterocycles. The maximum atomic E-state index is 13.2. The average Bonchev–Trinajstić information content (AvgIpc) is 2.88. The number of alkyl halides is 1. The number of fused-ring (bicyclic) bond motifs is 4. The summed E-state index contributed by atoms with van der Waals surface area (Å²) in [6, 6.07) is 23.8. The van der Waals surface area contributed by atoms with E-state index in [4.69, 9.17) is 23.2 Å². The third kappa shape index (κ3) is 2.43. The molecule has 1 aliphatic carbocycles. The molecule has 1 aliphatic rings. The lowest BCUT2D eigenvalue weighted by atomic mass is 9.82. The number of hydrogen-bond donors (Lipinski definition) is 0. The van der Waals surface area contributed by atoms with Gasteiger partial charge >= 0.3 is 0 Å². The van der Waals surface area contributed by atoms with Crippen molar-refractivity contribution in [1.29, 1.82) is 0 Å². The molecule has 5 heteroatoms. The van der Waals surface area contributed by atoms with Crippen LogP contribution < -0.4 is 0 Å². The van der Waals surface area contributed by atoms with Crippen molar-refractivity contribution in [1.82, 2.24) is 0 Å². The Balaban J connectivity index is 1.72. The molecular formula is C30H12Br2Cl2O. The van der Waals surface area contributed by atoms with Gasteiger partial charge in [0.05, 0.1) is 5.03 Å². The minimum Gasteiger partial charge on any atom is -0.292 e. The summed E-state index contributed by atoms with van der Waals surface area (Å²) in [5.74, 6) is -0.171. The summed E-state index contributed by atoms with van der Waals surface area (Å²) in [7, 11) is 0. The van der Waals surface area contributed by atoms with Crippen molar-refractivity contribution < 1.29 is 4.79 Å². The Labute approximate surface area is 226 Å². The van der Waals surface area contributed by atoms with Gasteiger partial charge in [-0.3, -0.25) is 4.79 Å². The van der Waals surface area contributed by atoms with Gasteiger partial charge in [-0.15, -0.1) is 11.6 Å². The van der Waals surface area contributed by atoms with Crippen LogP contribution >= 0.6 is 55.1 Å². The Hall–Kier alpha value is -2.43. The van der Waals surface area contributed by atoms with E-state index in [0.717, 1.165) is 31.6 Å². The molecule has 1 unspecified atom stereocenters. The molecule has 0 radical (unpaired) electrons. The molecule has 0 saturated carbocycles. The van der Waals surface area contributed by atoms with Crippen LogP contribution in [0, 0.1) is 0 Å². The van der Waals surface area contributed by atoms with Crippen LogP contribution in [-0.2, 0) is 0 Å². The van der Waals surface area contributed by atoms with E-state index in [9.17, 15) is 4.79 Å². The van der Waals surface area contributed by atoms with Crippen LogP contribution in [0.3, 0.4) is 0 Å². The Morgan fingerprint density at radius 1 is 0.657 bits per heavy atom. The number of allylic oxidation sites excluding steroid dienone is 1. The smallest absolute Gasteiger partial charge is 0.186 e. The minimum atomic E-state index is -0.886. The summed E-state index contributed by atoms with van der Waals surface area (Å²) in [4.78, 5) is 13.2. The van der Waals surface area contributed by atoms with Crippen molar-refractivity contribution in [3.63, 3.8) is 0 Å². The van der Waals surface area contributed by atoms with E-state index < -0.39 is 5.38 Å². The van der Waals surface area contributed by atoms with Crippen LogP contribution in [0.2, 0.25) is 0 Å². The van der Waals surface area contributed by atoms with E-state index in [1.54, 1.807) is 0 Å². The van der Waals surface area contributed by atoms with Crippen LogP contribution in [0.1, 0.15) is 15.9 Å². The molecule has 0 bridgehead atoms. The van der Waals surface area contributed by atoms with E-state index in [0.29, 0.717) is 15.1 Å². The Bertz CT molecular complexity index is 2130. The van der Waals surface area contributed by atoms with E-state index >= 15 is 0 Å². The van der Waals surface area contributed by atoms with Crippen molar-refractivity contribution in [2.24, 2.45) is 0 Å². The van der Waals surface area contributed by atoms with Crippen molar-refractivity contribution in [2.45, 2.75) is 5.38 Å². The molecule has 0 amide bonds. The second-order valence-corrected chi connectivity index (χ2v) is 11.7. The molecule has 0 saturated heterocycles. The zero-order valence-electron chi connectivity index (χ0n) is 17.8. The van der Waals surface area contributed by atoms with Crippen LogP contribution in [0.25, 0.3) is 69.1 Å². The summed E-state index contributed by atoms with van der Waals surface area (Å²) < 4.78 is 1.64. The Kier molecular flexibility index (Phi) is 4.06. The highest BCUT2D eigenvalue weighted by molar-refractivity contribution is 9.15. The predicted molar refractivity (Wildman–Crippen MR) is 157 cm³/mol. The molecule has 1 nitrogen and oxygen atoms in total. The fraction of sp³-hybridized carbons (Fsp3) is 0.0333. The first-order valence-electron chi connectivity index (χ1n) is 11.2. The molecule has 0 spiro atoms. The first-order valence-corrected chi connectivity index (χ1v) is 13.6. The third-order valence-corrected chi connectivity index (χ3v) is 10.4. The number of ketones is 1. The zero-order valence-corrected chi connectivity index (χ0v) is 22.5. The van der Waals surface area contributed by atoms with Gasteiger partial charge in [0.1, 0.15) is 5.38 Å². The highest BCUT2D eigenvalue weighted by atomic mass is 79.9. The number of rotatable bonds is 0. The molecule has 7 aromatic rings. The Morgan fingerprint density at radius 3 is 2.17 bits per heavy atom. The van der Waals surface area contributed by atoms with Crippen LogP contribution in [-0.4, -0.2) is 11.2 Å². The number of Topliss-reactive ketones (excluding diaryl/α,β-unsaturated/α-hetero) is 1. The molecule has 7 aromatic carbocycles. The SMILES string of the molecule is O=C1c2cc3ccc4cc5c6ccccc6cc6ccc7c(Br)c(c2C(Br)=C(Cl)C1Cl)c3c4c7c65. The largest absolute Gasteiger partial charge is 0.292 e. The summed E-state index contributed by atoms with van der Waals surface area (Å²) in [6.45, 7) is 0. The van der Waals surface area contributed by atoms with Gasteiger partial charge in [0.2, 0.25) is 0 Å². The number of hydrogen-bond acceptors (Lipinski definition) is 1. The monoisotopic (exact) mass is 616 g/mol. The molecule has 0 fully saturated rings. The van der Waals surface area contributed by atoms with Gasteiger partial charge in [0, 0.05) is 25.5 Å². The average molecular weight is 619 g/mol. The van der Waals surface area contributed by atoms with E-state index in [-0.39, 0.29) is 5.78 Å². The molecule has 0 aliphatic heterocycles. The summed E-state index contributed by atoms with van der Waals surface area (Å²) in [5.41, 5.74) is 1.40. The topological polar surface area (TPSA) is 17.1 Å². The van der Waals surface area contributed by atoms with Crippen molar-refractivity contribution >= 4 is 130 Å². The highest BCUT2D eigenvalue weighted by Crippen LogP contribution is 2.53. The van der Waals surface area contributed by atoms with Crippen LogP contribution in [0.15, 0.2) is 76.2 Å². The first kappa shape index (κ1) is 20.7. The minimum absolute atomic E-state index is 0.171. The van der Waals surface area contributed by atoms with Crippen molar-refractivity contribution in [2.75, 3.05) is 0 Å². The summed E-state index contributed by atoms with van der Waals surface area (Å²) >= 11 is 20.6. The number of carbonyl (C=O) groups excluding carboxylic acids is 1. The quantitative estimate of drug-likeness (QED) is 0.0939. The number of carbonyl (C=O) groups is 1. The first-order chi connectivity index (χ1) is 17.0. The molecule has 1 atom stereocenters. The normalized spacial score (nSPS) is 16.8. The van der Waals surface area contributed by atoms with E-state index in [1.807, 2.05) is 6.07 Å². The number of halogens is 4. The second-order valence-electron chi connectivity index (χ2n) is 9.25. The van der Waals surface area contributed by atoms with E-state index in [2.05, 4.69) is 92.5 Å². The fourth-order valence-corrected chi connectivity index (χ4v) is 8.03. The van der Waals surface area contributed by atoms with Crippen molar-refractivity contribution in [3.05, 3.63) is 87.4 Å². The number of benzene rings is 7. The van der Waals surface area contributed by atoms with E-state index in [1.165, 1.54) is 43.1 Å². The lowest BCUT2D eigenvalue weighted by Gasteiger charge is -2.25. The van der Waals surface area contributed by atoms with Gasteiger partial charge in [0.25, 0.3) is 0 Å². The van der Waals surface area contributed by atoms with Gasteiger partial charge in [0.15, 0.2) is 5.78 Å². The third-order valence-electron chi connectivity index (χ3n) is 7.56. The van der Waals surface area contributed by atoms with Crippen molar-refractivity contribution in [3.8, 4) is 0 Å². The molecule has 0 N–H and O–H groups in total. The predicted octanol–water partition coefficient (Wildman–Crippen LogP) is 10.3. The van der Waals surface area contributed by atoms with Gasteiger partial charge in [-0.2, -0.15) is 0 Å². The molecule has 35 heavy (non-hydrogen) atoms. The summed E-state index contributed by atoms with van der Waals surface area (Å²) in [5, 5.41) is 13.6. The molecule has 166 valence electrons. The van der Waals surface area contributed by atoms with Crippen LogP contribution in [0.4, 0.5) is 0 Å². The van der Waals surface area contributed by atoms with Gasteiger partial charge in [-0.1, -0.05) is 60.1 Å². The lowest BCUT2D eigenvalue weighted by Crippen LogP contribution is -2.21.